The summed E-state index contributed by atoms with van der Waals surface area (Å²) >= 11 is 0. The lowest BCUT2D eigenvalue weighted by Gasteiger charge is -1.97. The van der Waals surface area contributed by atoms with E-state index >= 15 is 0 Å². The lowest BCUT2D eigenvalue weighted by atomic mass is 10.3. The third kappa shape index (κ3) is 2.59. The molecule has 1 rings (SSSR count). The summed E-state index contributed by atoms with van der Waals surface area (Å²) < 4.78 is 9.41. The fourth-order valence-corrected chi connectivity index (χ4v) is 0.793. The van der Waals surface area contributed by atoms with E-state index in [1.54, 1.807) is 6.92 Å². The van der Waals surface area contributed by atoms with Crippen molar-refractivity contribution in [2.24, 2.45) is 0 Å². The number of ether oxygens (including phenoxy) is 1. The van der Waals surface area contributed by atoms with Gasteiger partial charge in [-0.25, -0.2) is 0 Å². The monoisotopic (exact) mass is 188 g/mol. The minimum Gasteiger partial charge on any atom is -0.455 e. The molecular formula is C7H12N2O4. The van der Waals surface area contributed by atoms with E-state index in [-0.39, 0.29) is 12.5 Å². The predicted molar refractivity (Wildman–Crippen MR) is 42.0 cm³/mol. The molecule has 0 unspecified atom stereocenters. The number of unbranched alkanes of at least 4 members (excludes halogenated alkanes) is 1. The first kappa shape index (κ1) is 9.79. The summed E-state index contributed by atoms with van der Waals surface area (Å²) in [6, 6.07) is 0. The molecule has 6 nitrogen and oxygen atoms in total. The average molecular weight is 188 g/mol. The molecule has 0 aliphatic rings. The molecule has 74 valence electrons. The zero-order valence-electron chi connectivity index (χ0n) is 7.39. The van der Waals surface area contributed by atoms with Crippen LogP contribution in [0, 0.1) is 12.1 Å². The molecule has 0 amide bonds. The number of hydrogen-bond acceptors (Lipinski definition) is 5. The van der Waals surface area contributed by atoms with Crippen LogP contribution in [-0.2, 0) is 0 Å². The molecule has 1 heterocycles. The number of rotatable bonds is 5. The van der Waals surface area contributed by atoms with Crippen LogP contribution >= 0.6 is 0 Å². The SMILES string of the molecule is Cc1c(OCCCCO)no[n+]1[O-]. The van der Waals surface area contributed by atoms with Crippen molar-refractivity contribution in [1.29, 1.82) is 0 Å². The van der Waals surface area contributed by atoms with Gasteiger partial charge in [-0.3, -0.25) is 4.63 Å². The quantitative estimate of drug-likeness (QED) is 0.509. The third-order valence-corrected chi connectivity index (χ3v) is 1.57. The summed E-state index contributed by atoms with van der Waals surface area (Å²) in [5.41, 5.74) is 0.309. The number of nitrogens with zero attached hydrogens (tertiary/aromatic N) is 2. The van der Waals surface area contributed by atoms with Crippen molar-refractivity contribution in [2.45, 2.75) is 19.8 Å². The second-order valence-electron chi connectivity index (χ2n) is 2.60. The Morgan fingerprint density at radius 2 is 2.38 bits per heavy atom. The van der Waals surface area contributed by atoms with Crippen LogP contribution in [0.3, 0.4) is 0 Å². The van der Waals surface area contributed by atoms with Gasteiger partial charge in [0.15, 0.2) is 0 Å². The molecule has 0 atom stereocenters. The molecule has 0 saturated carbocycles. The lowest BCUT2D eigenvalue weighted by molar-refractivity contribution is -0.806. The van der Waals surface area contributed by atoms with Crippen LogP contribution in [0.15, 0.2) is 4.63 Å². The first-order chi connectivity index (χ1) is 6.25. The Bertz CT molecular complexity index is 261. The van der Waals surface area contributed by atoms with E-state index in [1.807, 2.05) is 0 Å². The Kier molecular flexibility index (Phi) is 3.51. The second kappa shape index (κ2) is 4.66. The van der Waals surface area contributed by atoms with Crippen molar-refractivity contribution in [1.82, 2.24) is 5.16 Å². The summed E-state index contributed by atoms with van der Waals surface area (Å²) in [5.74, 6) is 0.216. The largest absolute Gasteiger partial charge is 0.455 e. The highest BCUT2D eigenvalue weighted by molar-refractivity contribution is 5.07. The van der Waals surface area contributed by atoms with Crippen molar-refractivity contribution >= 4 is 0 Å². The molecule has 0 spiro atoms. The Hall–Kier alpha value is -1.30. The summed E-state index contributed by atoms with van der Waals surface area (Å²) in [6.45, 7) is 2.13. The van der Waals surface area contributed by atoms with Gasteiger partial charge in [-0.2, -0.15) is 0 Å². The molecule has 0 aliphatic carbocycles. The van der Waals surface area contributed by atoms with Gasteiger partial charge in [-0.15, -0.1) is 0 Å². The molecule has 0 aromatic carbocycles. The standard InChI is InChI=1S/C7H12N2O4/c1-6-7(8-13-9(6)11)12-5-3-2-4-10/h10H,2-5H2,1H3. The minimum absolute atomic E-state index is 0.142. The van der Waals surface area contributed by atoms with Gasteiger partial charge in [0.25, 0.3) is 0 Å². The molecule has 1 N–H and O–H groups in total. The molecule has 1 aromatic heterocycles. The van der Waals surface area contributed by atoms with Crippen LogP contribution in [0.25, 0.3) is 0 Å². The highest BCUT2D eigenvalue weighted by Crippen LogP contribution is 2.08. The molecule has 13 heavy (non-hydrogen) atoms. The zero-order valence-corrected chi connectivity index (χ0v) is 7.39. The van der Waals surface area contributed by atoms with Gasteiger partial charge in [0.1, 0.15) is 0 Å². The Labute approximate surface area is 75.3 Å². The molecular weight excluding hydrogens is 176 g/mol. The third-order valence-electron chi connectivity index (χ3n) is 1.57. The fourth-order valence-electron chi connectivity index (χ4n) is 0.793. The molecule has 0 radical (unpaired) electrons. The van der Waals surface area contributed by atoms with Gasteiger partial charge in [0.2, 0.25) is 5.69 Å². The van der Waals surface area contributed by atoms with Crippen molar-refractivity contribution in [3.8, 4) is 5.88 Å². The highest BCUT2D eigenvalue weighted by atomic mass is 16.8. The number of aliphatic hydroxyl groups is 1. The van der Waals surface area contributed by atoms with Crippen molar-refractivity contribution in [3.63, 3.8) is 0 Å². The van der Waals surface area contributed by atoms with Crippen LogP contribution < -0.4 is 9.64 Å². The van der Waals surface area contributed by atoms with Crippen LogP contribution in [-0.4, -0.2) is 23.5 Å². The van der Waals surface area contributed by atoms with Crippen molar-refractivity contribution < 1.29 is 19.4 Å². The zero-order chi connectivity index (χ0) is 9.68. The molecule has 0 fully saturated rings. The van der Waals surface area contributed by atoms with Crippen LogP contribution in [0.4, 0.5) is 0 Å². The van der Waals surface area contributed by atoms with Gasteiger partial charge >= 0.3 is 5.88 Å². The molecule has 0 saturated heterocycles. The Morgan fingerprint density at radius 3 is 2.92 bits per heavy atom. The van der Waals surface area contributed by atoms with Gasteiger partial charge in [-0.1, -0.05) is 0 Å². The first-order valence-electron chi connectivity index (χ1n) is 4.05. The van der Waals surface area contributed by atoms with E-state index < -0.39 is 0 Å². The molecule has 0 bridgehead atoms. The second-order valence-corrected chi connectivity index (χ2v) is 2.60. The van der Waals surface area contributed by atoms with Crippen LogP contribution in [0.2, 0.25) is 0 Å². The average Bonchev–Trinajstić information content (AvgIpc) is 2.43. The maximum absolute atomic E-state index is 10.7. The number of aliphatic hydroxyl groups excluding tert-OH is 1. The van der Waals surface area contributed by atoms with E-state index in [2.05, 4.69) is 9.79 Å². The van der Waals surface area contributed by atoms with Gasteiger partial charge in [0.05, 0.1) is 11.8 Å². The maximum Gasteiger partial charge on any atom is 0.397 e. The van der Waals surface area contributed by atoms with E-state index in [1.165, 1.54) is 0 Å². The van der Waals surface area contributed by atoms with E-state index in [4.69, 9.17) is 9.84 Å². The van der Waals surface area contributed by atoms with E-state index in [0.717, 1.165) is 6.42 Å². The Morgan fingerprint density at radius 1 is 1.62 bits per heavy atom. The number of aromatic nitrogens is 2. The highest BCUT2D eigenvalue weighted by Gasteiger charge is 2.14. The topological polar surface area (TPSA) is 82.4 Å². The fraction of sp³-hybridized carbons (Fsp3) is 0.714. The van der Waals surface area contributed by atoms with E-state index in [9.17, 15) is 5.21 Å². The summed E-state index contributed by atoms with van der Waals surface area (Å²) in [4.78, 5) is 0.293. The predicted octanol–water partition coefficient (Wildman–Crippen LogP) is -0.232. The summed E-state index contributed by atoms with van der Waals surface area (Å²) in [7, 11) is 0. The minimum atomic E-state index is 0.142. The summed E-state index contributed by atoms with van der Waals surface area (Å²) in [5, 5.41) is 22.6. The van der Waals surface area contributed by atoms with E-state index in [0.29, 0.717) is 23.6 Å². The normalized spacial score (nSPS) is 10.3. The van der Waals surface area contributed by atoms with Gasteiger partial charge in [-0.05, 0) is 17.7 Å². The van der Waals surface area contributed by atoms with Crippen LogP contribution in [0.5, 0.6) is 5.88 Å². The summed E-state index contributed by atoms with van der Waals surface area (Å²) in [6.07, 6.45) is 1.40. The van der Waals surface area contributed by atoms with Crippen molar-refractivity contribution in [2.75, 3.05) is 13.2 Å². The molecule has 6 heteroatoms. The lowest BCUT2D eigenvalue weighted by Crippen LogP contribution is -2.25. The molecule has 0 aliphatic heterocycles. The van der Waals surface area contributed by atoms with Crippen molar-refractivity contribution in [3.05, 3.63) is 10.9 Å². The smallest absolute Gasteiger partial charge is 0.397 e. The van der Waals surface area contributed by atoms with Gasteiger partial charge in [0, 0.05) is 13.5 Å². The molecule has 1 aromatic rings. The Balaban J connectivity index is 2.32. The van der Waals surface area contributed by atoms with Gasteiger partial charge < -0.3 is 15.1 Å². The maximum atomic E-state index is 10.7. The first-order valence-corrected chi connectivity index (χ1v) is 4.05. The van der Waals surface area contributed by atoms with Crippen LogP contribution in [0.1, 0.15) is 18.5 Å². The number of hydrogen-bond donors (Lipinski definition) is 1.